The van der Waals surface area contributed by atoms with Gasteiger partial charge in [0.05, 0.1) is 6.20 Å². The van der Waals surface area contributed by atoms with Crippen LogP contribution in [0.15, 0.2) is 48.8 Å². The van der Waals surface area contributed by atoms with Crippen LogP contribution in [0.3, 0.4) is 0 Å². The molecule has 0 unspecified atom stereocenters. The highest BCUT2D eigenvalue weighted by molar-refractivity contribution is 6.02. The standard InChI is InChI=1S/C16H17N3/c1-2-9-19-11-12(10-18-19)13-5-3-7-15-14(13)6-4-8-16(15)17/h3-8,10-11H,2,9,17H2,1H3. The van der Waals surface area contributed by atoms with Crippen LogP contribution in [0.1, 0.15) is 13.3 Å². The third-order valence-electron chi connectivity index (χ3n) is 3.35. The van der Waals surface area contributed by atoms with Gasteiger partial charge >= 0.3 is 0 Å². The van der Waals surface area contributed by atoms with Crippen LogP contribution in [0.4, 0.5) is 5.69 Å². The molecule has 0 fully saturated rings. The summed E-state index contributed by atoms with van der Waals surface area (Å²) in [6.45, 7) is 3.10. The smallest absolute Gasteiger partial charge is 0.0568 e. The zero-order valence-electron chi connectivity index (χ0n) is 11.0. The second kappa shape index (κ2) is 4.76. The Morgan fingerprint density at radius 3 is 2.74 bits per heavy atom. The molecule has 0 saturated heterocycles. The van der Waals surface area contributed by atoms with Crippen LogP contribution in [0.25, 0.3) is 21.9 Å². The van der Waals surface area contributed by atoms with E-state index in [9.17, 15) is 0 Å². The van der Waals surface area contributed by atoms with Gasteiger partial charge in [-0.15, -0.1) is 0 Å². The maximum atomic E-state index is 6.04. The molecule has 0 amide bonds. The minimum absolute atomic E-state index is 0.820. The number of benzene rings is 2. The van der Waals surface area contributed by atoms with E-state index < -0.39 is 0 Å². The van der Waals surface area contributed by atoms with Gasteiger partial charge in [0.15, 0.2) is 0 Å². The van der Waals surface area contributed by atoms with Crippen molar-refractivity contribution in [3.05, 3.63) is 48.8 Å². The van der Waals surface area contributed by atoms with Crippen molar-refractivity contribution in [2.45, 2.75) is 19.9 Å². The van der Waals surface area contributed by atoms with Crippen LogP contribution in [-0.4, -0.2) is 9.78 Å². The first-order chi connectivity index (χ1) is 9.29. The molecule has 0 spiro atoms. The number of rotatable bonds is 3. The summed E-state index contributed by atoms with van der Waals surface area (Å²) < 4.78 is 1.99. The third-order valence-corrected chi connectivity index (χ3v) is 3.35. The molecule has 2 N–H and O–H groups in total. The Kier molecular flexibility index (Phi) is 2.95. The highest BCUT2D eigenvalue weighted by Crippen LogP contribution is 2.30. The van der Waals surface area contributed by atoms with Crippen molar-refractivity contribution in [2.75, 3.05) is 5.73 Å². The van der Waals surface area contributed by atoms with Gasteiger partial charge in [-0.2, -0.15) is 5.10 Å². The van der Waals surface area contributed by atoms with E-state index in [0.717, 1.165) is 29.6 Å². The number of nitrogens with zero attached hydrogens (tertiary/aromatic N) is 2. The molecule has 0 aliphatic carbocycles. The maximum Gasteiger partial charge on any atom is 0.0568 e. The number of aryl methyl sites for hydroxylation is 1. The summed E-state index contributed by atoms with van der Waals surface area (Å²) in [4.78, 5) is 0. The van der Waals surface area contributed by atoms with Crippen molar-refractivity contribution in [1.82, 2.24) is 9.78 Å². The lowest BCUT2D eigenvalue weighted by Crippen LogP contribution is -1.95. The summed E-state index contributed by atoms with van der Waals surface area (Å²) >= 11 is 0. The summed E-state index contributed by atoms with van der Waals surface area (Å²) in [6, 6.07) is 12.3. The molecular weight excluding hydrogens is 234 g/mol. The first-order valence-corrected chi connectivity index (χ1v) is 6.59. The molecule has 96 valence electrons. The Morgan fingerprint density at radius 2 is 1.89 bits per heavy atom. The Bertz CT molecular complexity index is 713. The molecule has 2 aromatic carbocycles. The second-order valence-corrected chi connectivity index (χ2v) is 4.74. The quantitative estimate of drug-likeness (QED) is 0.721. The summed E-state index contributed by atoms with van der Waals surface area (Å²) in [5.74, 6) is 0. The van der Waals surface area contributed by atoms with E-state index in [4.69, 9.17) is 5.73 Å². The molecule has 1 aromatic heterocycles. The molecule has 19 heavy (non-hydrogen) atoms. The molecule has 0 aliphatic heterocycles. The van der Waals surface area contributed by atoms with Gasteiger partial charge in [-0.25, -0.2) is 0 Å². The van der Waals surface area contributed by atoms with Crippen LogP contribution in [0.2, 0.25) is 0 Å². The molecule has 0 bridgehead atoms. The Morgan fingerprint density at radius 1 is 1.11 bits per heavy atom. The fourth-order valence-corrected chi connectivity index (χ4v) is 2.44. The van der Waals surface area contributed by atoms with E-state index in [1.807, 2.05) is 29.1 Å². The Labute approximate surface area is 112 Å². The molecule has 0 saturated carbocycles. The van der Waals surface area contributed by atoms with Gasteiger partial charge < -0.3 is 5.73 Å². The lowest BCUT2D eigenvalue weighted by molar-refractivity contribution is 0.603. The molecule has 0 radical (unpaired) electrons. The largest absolute Gasteiger partial charge is 0.398 e. The normalized spacial score (nSPS) is 11.0. The minimum Gasteiger partial charge on any atom is -0.398 e. The van der Waals surface area contributed by atoms with Crippen molar-refractivity contribution < 1.29 is 0 Å². The monoisotopic (exact) mass is 251 g/mol. The van der Waals surface area contributed by atoms with Crippen LogP contribution in [0, 0.1) is 0 Å². The highest BCUT2D eigenvalue weighted by atomic mass is 15.3. The second-order valence-electron chi connectivity index (χ2n) is 4.74. The highest BCUT2D eigenvalue weighted by Gasteiger charge is 2.07. The van der Waals surface area contributed by atoms with Gasteiger partial charge in [0.1, 0.15) is 0 Å². The first-order valence-electron chi connectivity index (χ1n) is 6.59. The average Bonchev–Trinajstić information content (AvgIpc) is 2.88. The van der Waals surface area contributed by atoms with Crippen molar-refractivity contribution in [2.24, 2.45) is 0 Å². The molecule has 3 rings (SSSR count). The lowest BCUT2D eigenvalue weighted by Gasteiger charge is -2.06. The summed E-state index contributed by atoms with van der Waals surface area (Å²) in [5, 5.41) is 6.68. The predicted octanol–water partition coefficient (Wildman–Crippen LogP) is 3.70. The number of hydrogen-bond acceptors (Lipinski definition) is 2. The van der Waals surface area contributed by atoms with Crippen LogP contribution in [0.5, 0.6) is 0 Å². The summed E-state index contributed by atoms with van der Waals surface area (Å²) in [7, 11) is 0. The van der Waals surface area contributed by atoms with E-state index in [2.05, 4.69) is 36.4 Å². The first kappa shape index (κ1) is 11.8. The van der Waals surface area contributed by atoms with Crippen molar-refractivity contribution in [3.8, 4) is 11.1 Å². The number of hydrogen-bond donors (Lipinski definition) is 1. The van der Waals surface area contributed by atoms with Crippen molar-refractivity contribution >= 4 is 16.5 Å². The fourth-order valence-electron chi connectivity index (χ4n) is 2.44. The van der Waals surface area contributed by atoms with E-state index in [-0.39, 0.29) is 0 Å². The molecule has 3 heteroatoms. The molecule has 0 aliphatic rings. The number of nitrogen functional groups attached to an aromatic ring is 1. The Balaban J connectivity index is 2.16. The summed E-state index contributed by atoms with van der Waals surface area (Å²) in [6.07, 6.45) is 5.11. The van der Waals surface area contributed by atoms with E-state index in [1.54, 1.807) is 0 Å². The van der Waals surface area contributed by atoms with Gasteiger partial charge in [-0.05, 0) is 23.4 Å². The Hall–Kier alpha value is -2.29. The van der Waals surface area contributed by atoms with Gasteiger partial charge in [-0.1, -0.05) is 37.3 Å². The van der Waals surface area contributed by atoms with Gasteiger partial charge in [0, 0.05) is 29.4 Å². The SMILES string of the molecule is CCCn1cc(-c2cccc3c(N)cccc23)cn1. The third kappa shape index (κ3) is 2.08. The molecule has 3 nitrogen and oxygen atoms in total. The fraction of sp³-hybridized carbons (Fsp3) is 0.188. The summed E-state index contributed by atoms with van der Waals surface area (Å²) in [5.41, 5.74) is 9.19. The van der Waals surface area contributed by atoms with Crippen LogP contribution >= 0.6 is 0 Å². The minimum atomic E-state index is 0.820. The zero-order valence-corrected chi connectivity index (χ0v) is 11.0. The molecular formula is C16H17N3. The average molecular weight is 251 g/mol. The van der Waals surface area contributed by atoms with Crippen LogP contribution in [-0.2, 0) is 6.54 Å². The number of aromatic nitrogens is 2. The van der Waals surface area contributed by atoms with Gasteiger partial charge in [0.25, 0.3) is 0 Å². The van der Waals surface area contributed by atoms with E-state index >= 15 is 0 Å². The zero-order chi connectivity index (χ0) is 13.2. The lowest BCUT2D eigenvalue weighted by atomic mass is 10.00. The molecule has 1 heterocycles. The molecule has 3 aromatic rings. The van der Waals surface area contributed by atoms with Crippen molar-refractivity contribution in [1.29, 1.82) is 0 Å². The number of nitrogens with two attached hydrogens (primary N) is 1. The van der Waals surface area contributed by atoms with E-state index in [0.29, 0.717) is 0 Å². The van der Waals surface area contributed by atoms with Crippen molar-refractivity contribution in [3.63, 3.8) is 0 Å². The number of fused-ring (bicyclic) bond motifs is 1. The molecule has 0 atom stereocenters. The van der Waals surface area contributed by atoms with Gasteiger partial charge in [0.2, 0.25) is 0 Å². The predicted molar refractivity (Wildman–Crippen MR) is 79.9 cm³/mol. The maximum absolute atomic E-state index is 6.04. The number of anilines is 1. The topological polar surface area (TPSA) is 43.8 Å². The van der Waals surface area contributed by atoms with E-state index in [1.165, 1.54) is 10.9 Å². The van der Waals surface area contributed by atoms with Gasteiger partial charge in [-0.3, -0.25) is 4.68 Å². The van der Waals surface area contributed by atoms with Crippen LogP contribution < -0.4 is 5.73 Å².